The van der Waals surface area contributed by atoms with Gasteiger partial charge in [-0.25, -0.2) is 0 Å². The van der Waals surface area contributed by atoms with Gasteiger partial charge in [0, 0.05) is 19.1 Å². The highest BCUT2D eigenvalue weighted by atomic mass is 15.1. The number of hydrogen-bond donors (Lipinski definition) is 1. The van der Waals surface area contributed by atoms with Gasteiger partial charge in [0.05, 0.1) is 0 Å². The molecule has 0 aromatic carbocycles. The Kier molecular flexibility index (Phi) is 4.63. The minimum atomic E-state index is 0.626. The van der Waals surface area contributed by atoms with Crippen LogP contribution in [0, 0.1) is 11.8 Å². The van der Waals surface area contributed by atoms with Crippen LogP contribution in [0.25, 0.3) is 0 Å². The molecular weight excluding hydrogens is 172 g/mol. The Balaban J connectivity index is 2.41. The van der Waals surface area contributed by atoms with Crippen molar-refractivity contribution in [1.29, 1.82) is 0 Å². The molecule has 1 aliphatic rings. The van der Waals surface area contributed by atoms with Crippen molar-refractivity contribution in [3.63, 3.8) is 0 Å². The normalized spacial score (nSPS) is 27.5. The van der Waals surface area contributed by atoms with Crippen molar-refractivity contribution in [2.75, 3.05) is 26.2 Å². The molecule has 2 atom stereocenters. The van der Waals surface area contributed by atoms with E-state index in [-0.39, 0.29) is 0 Å². The fourth-order valence-electron chi connectivity index (χ4n) is 2.07. The third kappa shape index (κ3) is 3.10. The van der Waals surface area contributed by atoms with Gasteiger partial charge in [0.2, 0.25) is 0 Å². The Morgan fingerprint density at radius 2 is 2.21 bits per heavy atom. The predicted molar refractivity (Wildman–Crippen MR) is 62.4 cm³/mol. The van der Waals surface area contributed by atoms with E-state index in [4.69, 9.17) is 0 Å². The van der Waals surface area contributed by atoms with Gasteiger partial charge in [-0.2, -0.15) is 0 Å². The Bertz CT molecular complexity index is 177. The second-order valence-corrected chi connectivity index (χ2v) is 4.73. The SMILES string of the molecule is C=CCN(C[C@@H]1CNC[C@H]1C)C(C)C. The topological polar surface area (TPSA) is 15.3 Å². The molecule has 1 N–H and O–H groups in total. The molecule has 1 saturated heterocycles. The van der Waals surface area contributed by atoms with Crippen molar-refractivity contribution in [1.82, 2.24) is 10.2 Å². The zero-order valence-electron chi connectivity index (χ0n) is 9.79. The van der Waals surface area contributed by atoms with E-state index in [0.29, 0.717) is 6.04 Å². The van der Waals surface area contributed by atoms with Gasteiger partial charge in [0.1, 0.15) is 0 Å². The second kappa shape index (κ2) is 5.52. The molecule has 82 valence electrons. The van der Waals surface area contributed by atoms with Gasteiger partial charge in [-0.15, -0.1) is 6.58 Å². The summed E-state index contributed by atoms with van der Waals surface area (Å²) in [5.41, 5.74) is 0. The Morgan fingerprint density at radius 1 is 1.50 bits per heavy atom. The minimum absolute atomic E-state index is 0.626. The van der Waals surface area contributed by atoms with Crippen LogP contribution in [0.3, 0.4) is 0 Å². The van der Waals surface area contributed by atoms with E-state index in [1.54, 1.807) is 0 Å². The van der Waals surface area contributed by atoms with Crippen molar-refractivity contribution in [3.8, 4) is 0 Å². The quantitative estimate of drug-likeness (QED) is 0.674. The van der Waals surface area contributed by atoms with E-state index in [1.807, 2.05) is 6.08 Å². The van der Waals surface area contributed by atoms with E-state index < -0.39 is 0 Å². The van der Waals surface area contributed by atoms with Gasteiger partial charge in [0.15, 0.2) is 0 Å². The van der Waals surface area contributed by atoms with Gasteiger partial charge < -0.3 is 5.32 Å². The molecule has 2 heteroatoms. The number of nitrogens with zero attached hydrogens (tertiary/aromatic N) is 1. The number of hydrogen-bond acceptors (Lipinski definition) is 2. The van der Waals surface area contributed by atoms with Crippen molar-refractivity contribution < 1.29 is 0 Å². The Labute approximate surface area is 88.4 Å². The van der Waals surface area contributed by atoms with Crippen LogP contribution in [0.1, 0.15) is 20.8 Å². The van der Waals surface area contributed by atoms with Gasteiger partial charge in [-0.3, -0.25) is 4.90 Å². The standard InChI is InChI=1S/C12H24N2/c1-5-6-14(10(2)3)9-12-8-13-7-11(12)4/h5,10-13H,1,6-9H2,2-4H3/t11-,12+/m1/s1. The average Bonchev–Trinajstić information content (AvgIpc) is 2.51. The molecule has 14 heavy (non-hydrogen) atoms. The minimum Gasteiger partial charge on any atom is -0.316 e. The molecular formula is C12H24N2. The van der Waals surface area contributed by atoms with Crippen LogP contribution in [0.15, 0.2) is 12.7 Å². The lowest BCUT2D eigenvalue weighted by molar-refractivity contribution is 0.196. The van der Waals surface area contributed by atoms with E-state index >= 15 is 0 Å². The lowest BCUT2D eigenvalue weighted by Gasteiger charge is -2.29. The summed E-state index contributed by atoms with van der Waals surface area (Å²) in [6.45, 7) is 15.3. The molecule has 2 nitrogen and oxygen atoms in total. The maximum absolute atomic E-state index is 3.82. The Morgan fingerprint density at radius 3 is 2.64 bits per heavy atom. The second-order valence-electron chi connectivity index (χ2n) is 4.73. The van der Waals surface area contributed by atoms with Crippen molar-refractivity contribution in [3.05, 3.63) is 12.7 Å². The zero-order chi connectivity index (χ0) is 10.6. The fraction of sp³-hybridized carbons (Fsp3) is 0.833. The first-order chi connectivity index (χ1) is 6.65. The predicted octanol–water partition coefficient (Wildman–Crippen LogP) is 1.74. The monoisotopic (exact) mass is 196 g/mol. The molecule has 0 bridgehead atoms. The molecule has 0 aromatic rings. The fourth-order valence-corrected chi connectivity index (χ4v) is 2.07. The van der Waals surface area contributed by atoms with E-state index in [1.165, 1.54) is 19.6 Å². The molecule has 1 heterocycles. The number of rotatable bonds is 5. The summed E-state index contributed by atoms with van der Waals surface area (Å²) in [7, 11) is 0. The van der Waals surface area contributed by atoms with Crippen LogP contribution in [-0.2, 0) is 0 Å². The molecule has 0 amide bonds. The molecule has 1 rings (SSSR count). The molecule has 1 fully saturated rings. The van der Waals surface area contributed by atoms with Crippen molar-refractivity contribution >= 4 is 0 Å². The Hall–Kier alpha value is -0.340. The lowest BCUT2D eigenvalue weighted by atomic mass is 9.97. The summed E-state index contributed by atoms with van der Waals surface area (Å²) in [4.78, 5) is 2.50. The number of nitrogens with one attached hydrogen (secondary N) is 1. The van der Waals surface area contributed by atoms with E-state index in [2.05, 4.69) is 37.6 Å². The first-order valence-electron chi connectivity index (χ1n) is 5.70. The third-order valence-corrected chi connectivity index (χ3v) is 3.24. The van der Waals surface area contributed by atoms with E-state index in [9.17, 15) is 0 Å². The lowest BCUT2D eigenvalue weighted by Crippen LogP contribution is -2.37. The van der Waals surface area contributed by atoms with Gasteiger partial charge >= 0.3 is 0 Å². The van der Waals surface area contributed by atoms with Crippen LogP contribution in [0.2, 0.25) is 0 Å². The van der Waals surface area contributed by atoms with Crippen LogP contribution < -0.4 is 5.32 Å². The van der Waals surface area contributed by atoms with Crippen molar-refractivity contribution in [2.45, 2.75) is 26.8 Å². The molecule has 0 unspecified atom stereocenters. The van der Waals surface area contributed by atoms with Crippen LogP contribution in [-0.4, -0.2) is 37.1 Å². The maximum Gasteiger partial charge on any atom is 0.0163 e. The first-order valence-corrected chi connectivity index (χ1v) is 5.70. The van der Waals surface area contributed by atoms with Gasteiger partial charge in [-0.1, -0.05) is 13.0 Å². The highest BCUT2D eigenvalue weighted by Crippen LogP contribution is 2.18. The van der Waals surface area contributed by atoms with Crippen LogP contribution in [0.4, 0.5) is 0 Å². The molecule has 0 saturated carbocycles. The molecule has 0 aliphatic carbocycles. The smallest absolute Gasteiger partial charge is 0.0163 e. The first kappa shape index (κ1) is 11.7. The summed E-state index contributed by atoms with van der Waals surface area (Å²) in [6.07, 6.45) is 2.01. The van der Waals surface area contributed by atoms with Crippen molar-refractivity contribution in [2.24, 2.45) is 11.8 Å². The van der Waals surface area contributed by atoms with Crippen LogP contribution in [0.5, 0.6) is 0 Å². The van der Waals surface area contributed by atoms with Crippen LogP contribution >= 0.6 is 0 Å². The van der Waals surface area contributed by atoms with Gasteiger partial charge in [-0.05, 0) is 38.8 Å². The summed E-state index contributed by atoms with van der Waals surface area (Å²) < 4.78 is 0. The molecule has 1 aliphatic heterocycles. The largest absolute Gasteiger partial charge is 0.316 e. The summed E-state index contributed by atoms with van der Waals surface area (Å²) >= 11 is 0. The van der Waals surface area contributed by atoms with E-state index in [0.717, 1.165) is 18.4 Å². The highest BCUT2D eigenvalue weighted by molar-refractivity contribution is 4.84. The zero-order valence-corrected chi connectivity index (χ0v) is 9.79. The highest BCUT2D eigenvalue weighted by Gasteiger charge is 2.25. The summed E-state index contributed by atoms with van der Waals surface area (Å²) in [5, 5.41) is 3.46. The maximum atomic E-state index is 3.82. The summed E-state index contributed by atoms with van der Waals surface area (Å²) in [5.74, 6) is 1.64. The molecule has 0 radical (unpaired) electrons. The average molecular weight is 196 g/mol. The van der Waals surface area contributed by atoms with Gasteiger partial charge in [0.25, 0.3) is 0 Å². The molecule has 0 aromatic heterocycles. The molecule has 0 spiro atoms. The summed E-state index contributed by atoms with van der Waals surface area (Å²) in [6, 6.07) is 0.626. The third-order valence-electron chi connectivity index (χ3n) is 3.24.